The van der Waals surface area contributed by atoms with Gasteiger partial charge in [0.25, 0.3) is 0 Å². The summed E-state index contributed by atoms with van der Waals surface area (Å²) in [5.41, 5.74) is 2.88. The minimum absolute atomic E-state index is 0.442. The molecule has 0 radical (unpaired) electrons. The molecule has 2 aliphatic carbocycles. The zero-order valence-corrected chi connectivity index (χ0v) is 10.2. The van der Waals surface area contributed by atoms with Gasteiger partial charge in [-0.15, -0.1) is 0 Å². The van der Waals surface area contributed by atoms with Crippen molar-refractivity contribution < 1.29 is 4.79 Å². The maximum Gasteiger partial charge on any atom is 0.145 e. The summed E-state index contributed by atoms with van der Waals surface area (Å²) in [5.74, 6) is 1.59. The Hall–Kier alpha value is -0.590. The van der Waals surface area contributed by atoms with Gasteiger partial charge < -0.3 is 0 Å². The Labute approximate surface area is 92.9 Å². The van der Waals surface area contributed by atoms with Crippen LogP contribution in [-0.4, -0.2) is 6.29 Å². The van der Waals surface area contributed by atoms with Crippen molar-refractivity contribution in [1.29, 1.82) is 0 Å². The number of rotatable bonds is 1. The summed E-state index contributed by atoms with van der Waals surface area (Å²) in [5, 5.41) is 0. The van der Waals surface area contributed by atoms with Gasteiger partial charge in [0.2, 0.25) is 0 Å². The average molecular weight is 206 g/mol. The topological polar surface area (TPSA) is 17.1 Å². The third-order valence-corrected chi connectivity index (χ3v) is 4.67. The molecule has 0 aromatic rings. The average Bonchev–Trinajstić information content (AvgIpc) is 2.16. The van der Waals surface area contributed by atoms with Crippen LogP contribution >= 0.6 is 0 Å². The normalized spacial score (nSPS) is 34.9. The molecule has 0 bridgehead atoms. The van der Waals surface area contributed by atoms with Crippen molar-refractivity contribution in [2.24, 2.45) is 17.3 Å². The van der Waals surface area contributed by atoms with Crippen LogP contribution in [0.2, 0.25) is 0 Å². The number of allylic oxidation sites excluding steroid dienone is 2. The minimum Gasteiger partial charge on any atom is -0.298 e. The van der Waals surface area contributed by atoms with E-state index >= 15 is 0 Å². The van der Waals surface area contributed by atoms with Gasteiger partial charge in [-0.3, -0.25) is 4.79 Å². The molecule has 0 unspecified atom stereocenters. The van der Waals surface area contributed by atoms with E-state index in [1.807, 2.05) is 0 Å². The fraction of sp³-hybridized carbons (Fsp3) is 0.786. The molecule has 0 heterocycles. The van der Waals surface area contributed by atoms with Gasteiger partial charge in [0.1, 0.15) is 6.29 Å². The molecule has 0 spiro atoms. The van der Waals surface area contributed by atoms with Crippen molar-refractivity contribution in [3.63, 3.8) is 0 Å². The van der Waals surface area contributed by atoms with E-state index < -0.39 is 0 Å². The van der Waals surface area contributed by atoms with Gasteiger partial charge in [0.05, 0.1) is 0 Å². The van der Waals surface area contributed by atoms with Gasteiger partial charge in [-0.05, 0) is 55.4 Å². The predicted octanol–water partition coefficient (Wildman–Crippen LogP) is 3.74. The summed E-state index contributed by atoms with van der Waals surface area (Å²) in [6.07, 6.45) is 7.38. The van der Waals surface area contributed by atoms with Crippen molar-refractivity contribution in [2.45, 2.75) is 52.9 Å². The quantitative estimate of drug-likeness (QED) is 0.597. The molecular weight excluding hydrogens is 184 g/mol. The lowest BCUT2D eigenvalue weighted by Gasteiger charge is -2.47. The molecule has 1 nitrogen and oxygen atoms in total. The Balaban J connectivity index is 2.26. The van der Waals surface area contributed by atoms with Gasteiger partial charge in [0.15, 0.2) is 0 Å². The van der Waals surface area contributed by atoms with Crippen LogP contribution in [0, 0.1) is 17.3 Å². The molecule has 1 saturated carbocycles. The fourth-order valence-electron chi connectivity index (χ4n) is 3.62. The lowest BCUT2D eigenvalue weighted by Crippen LogP contribution is -2.37. The van der Waals surface area contributed by atoms with E-state index in [9.17, 15) is 4.79 Å². The van der Waals surface area contributed by atoms with E-state index in [4.69, 9.17) is 0 Å². The number of fused-ring (bicyclic) bond motifs is 1. The first-order valence-electron chi connectivity index (χ1n) is 6.18. The van der Waals surface area contributed by atoms with Gasteiger partial charge >= 0.3 is 0 Å². The summed E-state index contributed by atoms with van der Waals surface area (Å²) in [6, 6.07) is 0. The summed E-state index contributed by atoms with van der Waals surface area (Å²) in [4.78, 5) is 11.0. The van der Waals surface area contributed by atoms with E-state index in [0.29, 0.717) is 5.41 Å². The molecule has 0 N–H and O–H groups in total. The number of aldehydes is 1. The highest BCUT2D eigenvalue weighted by atomic mass is 16.1. The van der Waals surface area contributed by atoms with Crippen molar-refractivity contribution >= 4 is 6.29 Å². The molecule has 1 heteroatoms. The molecule has 2 rings (SSSR count). The third kappa shape index (κ3) is 1.89. The molecule has 2 atom stereocenters. The first-order valence-corrected chi connectivity index (χ1v) is 6.18. The molecule has 0 saturated heterocycles. The molecule has 84 valence electrons. The molecule has 0 amide bonds. The number of carbonyl (C=O) groups is 1. The zero-order valence-electron chi connectivity index (χ0n) is 10.2. The molecule has 1 fully saturated rings. The van der Waals surface area contributed by atoms with Crippen molar-refractivity contribution in [1.82, 2.24) is 0 Å². The molecule has 15 heavy (non-hydrogen) atoms. The SMILES string of the molecule is CC1=C(C=O)C[C@@H]2[C@H](CCCC2(C)C)C1. The molecule has 2 aliphatic rings. The van der Waals surface area contributed by atoms with Crippen molar-refractivity contribution in [3.05, 3.63) is 11.1 Å². The van der Waals surface area contributed by atoms with Gasteiger partial charge in [0, 0.05) is 0 Å². The summed E-state index contributed by atoms with van der Waals surface area (Å²) in [7, 11) is 0. The van der Waals surface area contributed by atoms with E-state index in [-0.39, 0.29) is 0 Å². The van der Waals surface area contributed by atoms with E-state index in [0.717, 1.165) is 30.1 Å². The van der Waals surface area contributed by atoms with Crippen LogP contribution < -0.4 is 0 Å². The second kappa shape index (κ2) is 3.77. The zero-order chi connectivity index (χ0) is 11.1. The monoisotopic (exact) mass is 206 g/mol. The second-order valence-electron chi connectivity index (χ2n) is 6.08. The first-order chi connectivity index (χ1) is 7.04. The summed E-state index contributed by atoms with van der Waals surface area (Å²) < 4.78 is 0. The lowest BCUT2D eigenvalue weighted by molar-refractivity contribution is -0.105. The molecule has 0 aromatic carbocycles. The van der Waals surface area contributed by atoms with E-state index in [2.05, 4.69) is 20.8 Å². The Morgan fingerprint density at radius 2 is 2.07 bits per heavy atom. The van der Waals surface area contributed by atoms with Gasteiger partial charge in [-0.2, -0.15) is 0 Å². The fourth-order valence-corrected chi connectivity index (χ4v) is 3.62. The van der Waals surface area contributed by atoms with Crippen LogP contribution in [0.1, 0.15) is 52.9 Å². The van der Waals surface area contributed by atoms with Gasteiger partial charge in [-0.1, -0.05) is 25.8 Å². The maximum atomic E-state index is 11.0. The number of hydrogen-bond acceptors (Lipinski definition) is 1. The minimum atomic E-state index is 0.442. The summed E-state index contributed by atoms with van der Waals surface area (Å²) >= 11 is 0. The largest absolute Gasteiger partial charge is 0.298 e. The Bertz CT molecular complexity index is 298. The maximum absolute atomic E-state index is 11.0. The lowest BCUT2D eigenvalue weighted by atomic mass is 9.58. The van der Waals surface area contributed by atoms with Crippen LogP contribution in [0.15, 0.2) is 11.1 Å². The van der Waals surface area contributed by atoms with Crippen LogP contribution in [0.4, 0.5) is 0 Å². The Kier molecular flexibility index (Phi) is 2.74. The number of carbonyl (C=O) groups excluding carboxylic acids is 1. The molecule has 0 aliphatic heterocycles. The Morgan fingerprint density at radius 1 is 1.33 bits per heavy atom. The highest BCUT2D eigenvalue weighted by Gasteiger charge is 2.41. The summed E-state index contributed by atoms with van der Waals surface area (Å²) in [6.45, 7) is 6.90. The standard InChI is InChI=1S/C14H22O/c1-10-7-11-5-4-6-14(2,3)13(11)8-12(10)9-15/h9,11,13H,4-8H2,1-3H3/t11-,13-/m1/s1. The second-order valence-corrected chi connectivity index (χ2v) is 6.08. The highest BCUT2D eigenvalue weighted by Crippen LogP contribution is 2.51. The van der Waals surface area contributed by atoms with Crippen molar-refractivity contribution in [2.75, 3.05) is 0 Å². The smallest absolute Gasteiger partial charge is 0.145 e. The number of hydrogen-bond donors (Lipinski definition) is 0. The predicted molar refractivity (Wildman–Crippen MR) is 62.6 cm³/mol. The van der Waals surface area contributed by atoms with Crippen LogP contribution in [0.3, 0.4) is 0 Å². The Morgan fingerprint density at radius 3 is 2.73 bits per heavy atom. The molecular formula is C14H22O. The van der Waals surface area contributed by atoms with E-state index in [1.54, 1.807) is 0 Å². The van der Waals surface area contributed by atoms with Crippen LogP contribution in [0.25, 0.3) is 0 Å². The van der Waals surface area contributed by atoms with Crippen LogP contribution in [0.5, 0.6) is 0 Å². The van der Waals surface area contributed by atoms with E-state index in [1.165, 1.54) is 31.3 Å². The van der Waals surface area contributed by atoms with Gasteiger partial charge in [-0.25, -0.2) is 0 Å². The van der Waals surface area contributed by atoms with Crippen molar-refractivity contribution in [3.8, 4) is 0 Å². The third-order valence-electron chi connectivity index (χ3n) is 4.67. The highest BCUT2D eigenvalue weighted by molar-refractivity contribution is 5.74. The first kappa shape index (κ1) is 10.9. The van der Waals surface area contributed by atoms with Crippen LogP contribution in [-0.2, 0) is 4.79 Å². The molecule has 0 aromatic heterocycles.